The fourth-order valence-corrected chi connectivity index (χ4v) is 1.54. The first kappa shape index (κ1) is 13.5. The SMILES string of the molecule is CCc1ccc(OCCC(NC)C(N)=O)cc1. The van der Waals surface area contributed by atoms with Crippen LogP contribution in [0.5, 0.6) is 5.75 Å². The maximum atomic E-state index is 11.0. The number of likely N-dealkylation sites (N-methyl/N-ethyl adjacent to an activating group) is 1. The Balaban J connectivity index is 2.37. The molecule has 0 aliphatic heterocycles. The van der Waals surface area contributed by atoms with Crippen LogP contribution in [0.15, 0.2) is 24.3 Å². The van der Waals surface area contributed by atoms with Crippen molar-refractivity contribution in [3.63, 3.8) is 0 Å². The van der Waals surface area contributed by atoms with Gasteiger partial charge in [0, 0.05) is 6.42 Å². The van der Waals surface area contributed by atoms with E-state index in [1.54, 1.807) is 7.05 Å². The van der Waals surface area contributed by atoms with Crippen LogP contribution in [-0.2, 0) is 11.2 Å². The number of amides is 1. The molecule has 0 aliphatic rings. The van der Waals surface area contributed by atoms with Gasteiger partial charge in [-0.05, 0) is 31.2 Å². The van der Waals surface area contributed by atoms with Crippen molar-refractivity contribution in [3.05, 3.63) is 29.8 Å². The first-order valence-electron chi connectivity index (χ1n) is 5.85. The van der Waals surface area contributed by atoms with Crippen molar-refractivity contribution in [2.45, 2.75) is 25.8 Å². The highest BCUT2D eigenvalue weighted by Gasteiger charge is 2.11. The summed E-state index contributed by atoms with van der Waals surface area (Å²) >= 11 is 0. The van der Waals surface area contributed by atoms with E-state index in [0.717, 1.165) is 12.2 Å². The normalized spacial score (nSPS) is 12.1. The molecule has 0 bridgehead atoms. The van der Waals surface area contributed by atoms with Crippen molar-refractivity contribution < 1.29 is 9.53 Å². The molecule has 1 amide bonds. The van der Waals surface area contributed by atoms with E-state index in [4.69, 9.17) is 10.5 Å². The number of carbonyl (C=O) groups is 1. The molecule has 0 saturated carbocycles. The second-order valence-corrected chi connectivity index (χ2v) is 3.88. The lowest BCUT2D eigenvalue weighted by molar-refractivity contribution is -0.120. The summed E-state index contributed by atoms with van der Waals surface area (Å²) in [5.74, 6) is 0.471. The molecular formula is C13H20N2O2. The van der Waals surface area contributed by atoms with Gasteiger partial charge >= 0.3 is 0 Å². The van der Waals surface area contributed by atoms with E-state index in [9.17, 15) is 4.79 Å². The summed E-state index contributed by atoms with van der Waals surface area (Å²) in [6, 6.07) is 7.64. The van der Waals surface area contributed by atoms with Crippen molar-refractivity contribution in [1.29, 1.82) is 0 Å². The van der Waals surface area contributed by atoms with Crippen LogP contribution in [0.3, 0.4) is 0 Å². The standard InChI is InChI=1S/C13H20N2O2/c1-3-10-4-6-11(7-5-10)17-9-8-12(15-2)13(14)16/h4-7,12,15H,3,8-9H2,1-2H3,(H2,14,16). The minimum absolute atomic E-state index is 0.329. The Morgan fingerprint density at radius 3 is 2.53 bits per heavy atom. The number of aryl methyl sites for hydroxylation is 1. The molecule has 17 heavy (non-hydrogen) atoms. The molecule has 94 valence electrons. The van der Waals surface area contributed by atoms with Crippen LogP contribution in [-0.4, -0.2) is 25.6 Å². The number of hydrogen-bond donors (Lipinski definition) is 2. The highest BCUT2D eigenvalue weighted by molar-refractivity contribution is 5.79. The lowest BCUT2D eigenvalue weighted by atomic mass is 10.2. The third kappa shape index (κ3) is 4.44. The monoisotopic (exact) mass is 236 g/mol. The smallest absolute Gasteiger partial charge is 0.234 e. The van der Waals surface area contributed by atoms with E-state index >= 15 is 0 Å². The zero-order chi connectivity index (χ0) is 12.7. The Morgan fingerprint density at radius 2 is 2.06 bits per heavy atom. The molecular weight excluding hydrogens is 216 g/mol. The van der Waals surface area contributed by atoms with E-state index in [1.807, 2.05) is 24.3 Å². The van der Waals surface area contributed by atoms with Gasteiger partial charge in [0.25, 0.3) is 0 Å². The van der Waals surface area contributed by atoms with E-state index in [0.29, 0.717) is 13.0 Å². The third-order valence-corrected chi connectivity index (χ3v) is 2.70. The van der Waals surface area contributed by atoms with Crippen LogP contribution in [0.25, 0.3) is 0 Å². The fourth-order valence-electron chi connectivity index (χ4n) is 1.54. The fraction of sp³-hybridized carbons (Fsp3) is 0.462. The van der Waals surface area contributed by atoms with Crippen LogP contribution >= 0.6 is 0 Å². The second kappa shape index (κ2) is 6.91. The summed E-state index contributed by atoms with van der Waals surface area (Å²) in [7, 11) is 1.71. The summed E-state index contributed by atoms with van der Waals surface area (Å²) in [6.07, 6.45) is 1.59. The molecule has 1 rings (SSSR count). The van der Waals surface area contributed by atoms with Crippen LogP contribution < -0.4 is 15.8 Å². The third-order valence-electron chi connectivity index (χ3n) is 2.70. The number of benzene rings is 1. The Kier molecular flexibility index (Phi) is 5.49. The predicted octanol–water partition coefficient (Wildman–Crippen LogP) is 1.09. The van der Waals surface area contributed by atoms with Crippen LogP contribution in [0.2, 0.25) is 0 Å². The van der Waals surface area contributed by atoms with Gasteiger partial charge in [-0.1, -0.05) is 19.1 Å². The van der Waals surface area contributed by atoms with Gasteiger partial charge < -0.3 is 15.8 Å². The van der Waals surface area contributed by atoms with Crippen molar-refractivity contribution in [3.8, 4) is 5.75 Å². The molecule has 0 heterocycles. The van der Waals surface area contributed by atoms with Crippen molar-refractivity contribution in [1.82, 2.24) is 5.32 Å². The van der Waals surface area contributed by atoms with Gasteiger partial charge in [0.05, 0.1) is 12.6 Å². The largest absolute Gasteiger partial charge is 0.494 e. The van der Waals surface area contributed by atoms with Crippen molar-refractivity contribution in [2.24, 2.45) is 5.73 Å². The van der Waals surface area contributed by atoms with Gasteiger partial charge in [0.15, 0.2) is 0 Å². The van der Waals surface area contributed by atoms with Gasteiger partial charge in [-0.15, -0.1) is 0 Å². The number of nitrogens with one attached hydrogen (secondary N) is 1. The highest BCUT2D eigenvalue weighted by atomic mass is 16.5. The number of rotatable bonds is 7. The number of hydrogen-bond acceptors (Lipinski definition) is 3. The number of carbonyl (C=O) groups excluding carboxylic acids is 1. The Hall–Kier alpha value is -1.55. The van der Waals surface area contributed by atoms with E-state index < -0.39 is 0 Å². The van der Waals surface area contributed by atoms with Gasteiger partial charge in [0.2, 0.25) is 5.91 Å². The van der Waals surface area contributed by atoms with Gasteiger partial charge in [-0.2, -0.15) is 0 Å². The average Bonchev–Trinajstić information content (AvgIpc) is 2.35. The van der Waals surface area contributed by atoms with Crippen molar-refractivity contribution in [2.75, 3.05) is 13.7 Å². The molecule has 0 aliphatic carbocycles. The number of nitrogens with two attached hydrogens (primary N) is 1. The topological polar surface area (TPSA) is 64.3 Å². The molecule has 4 heteroatoms. The zero-order valence-corrected chi connectivity index (χ0v) is 10.4. The van der Waals surface area contributed by atoms with Gasteiger partial charge in [-0.3, -0.25) is 4.79 Å². The lowest BCUT2D eigenvalue weighted by Crippen LogP contribution is -2.40. The summed E-state index contributed by atoms with van der Waals surface area (Å²) in [5, 5.41) is 2.85. The quantitative estimate of drug-likeness (QED) is 0.745. The summed E-state index contributed by atoms with van der Waals surface area (Å²) in [5.41, 5.74) is 6.49. The average molecular weight is 236 g/mol. The van der Waals surface area contributed by atoms with Crippen LogP contribution in [0.4, 0.5) is 0 Å². The lowest BCUT2D eigenvalue weighted by Gasteiger charge is -2.12. The zero-order valence-electron chi connectivity index (χ0n) is 10.4. The first-order chi connectivity index (χ1) is 8.17. The highest BCUT2D eigenvalue weighted by Crippen LogP contribution is 2.12. The molecule has 0 radical (unpaired) electrons. The van der Waals surface area contributed by atoms with E-state index in [-0.39, 0.29) is 11.9 Å². The molecule has 1 atom stereocenters. The Bertz CT molecular complexity index is 349. The van der Waals surface area contributed by atoms with Gasteiger partial charge in [-0.25, -0.2) is 0 Å². The molecule has 3 N–H and O–H groups in total. The second-order valence-electron chi connectivity index (χ2n) is 3.88. The molecule has 0 saturated heterocycles. The summed E-state index contributed by atoms with van der Waals surface area (Å²) < 4.78 is 5.54. The summed E-state index contributed by atoms with van der Waals surface area (Å²) in [6.45, 7) is 2.58. The molecule has 0 aromatic heterocycles. The van der Waals surface area contributed by atoms with Crippen molar-refractivity contribution >= 4 is 5.91 Å². The Morgan fingerprint density at radius 1 is 1.41 bits per heavy atom. The van der Waals surface area contributed by atoms with E-state index in [2.05, 4.69) is 12.2 Å². The molecule has 0 spiro atoms. The van der Waals surface area contributed by atoms with Crippen LogP contribution in [0, 0.1) is 0 Å². The van der Waals surface area contributed by atoms with E-state index in [1.165, 1.54) is 5.56 Å². The number of primary amides is 1. The summed E-state index contributed by atoms with van der Waals surface area (Å²) in [4.78, 5) is 11.0. The molecule has 1 aromatic carbocycles. The molecule has 0 fully saturated rings. The first-order valence-corrected chi connectivity index (χ1v) is 5.85. The maximum Gasteiger partial charge on any atom is 0.234 e. The minimum atomic E-state index is -0.350. The van der Waals surface area contributed by atoms with Gasteiger partial charge in [0.1, 0.15) is 5.75 Å². The Labute approximate surface area is 102 Å². The maximum absolute atomic E-state index is 11.0. The molecule has 4 nitrogen and oxygen atoms in total. The van der Waals surface area contributed by atoms with Crippen LogP contribution in [0.1, 0.15) is 18.9 Å². The number of ether oxygens (including phenoxy) is 1. The minimum Gasteiger partial charge on any atom is -0.494 e. The predicted molar refractivity (Wildman–Crippen MR) is 68.0 cm³/mol. The molecule has 1 unspecified atom stereocenters. The molecule has 1 aromatic rings.